The third-order valence-corrected chi connectivity index (χ3v) is 4.28. The second-order valence-corrected chi connectivity index (χ2v) is 5.88. The van der Waals surface area contributed by atoms with Gasteiger partial charge in [-0.3, -0.25) is 9.59 Å². The number of aromatic nitrogens is 3. The molecule has 1 aromatic heterocycles. The molecule has 0 unspecified atom stereocenters. The summed E-state index contributed by atoms with van der Waals surface area (Å²) in [5.74, 6) is -0.362. The lowest BCUT2D eigenvalue weighted by atomic mass is 10.0. The Morgan fingerprint density at radius 1 is 1.17 bits per heavy atom. The van der Waals surface area contributed by atoms with Crippen LogP contribution >= 0.6 is 0 Å². The van der Waals surface area contributed by atoms with Gasteiger partial charge in [-0.1, -0.05) is 18.2 Å². The fraction of sp³-hybridized carbons (Fsp3) is 0.412. The van der Waals surface area contributed by atoms with Crippen LogP contribution in [0.4, 0.5) is 0 Å². The number of nitrogens with one attached hydrogen (secondary N) is 1. The summed E-state index contributed by atoms with van der Waals surface area (Å²) >= 11 is 0. The average molecular weight is 327 g/mol. The van der Waals surface area contributed by atoms with Crippen LogP contribution in [0.2, 0.25) is 0 Å². The van der Waals surface area contributed by atoms with E-state index in [2.05, 4.69) is 15.5 Å². The number of amides is 2. The van der Waals surface area contributed by atoms with Crippen LogP contribution in [0.25, 0.3) is 5.69 Å². The zero-order valence-corrected chi connectivity index (χ0v) is 13.9. The Bertz CT molecular complexity index is 741. The summed E-state index contributed by atoms with van der Waals surface area (Å²) in [6.07, 6.45) is 2.51. The van der Waals surface area contributed by atoms with E-state index < -0.39 is 6.04 Å². The number of carbonyl (C=O) groups is 2. The number of hydrogen-bond donors (Lipinski definition) is 1. The molecule has 0 aliphatic carbocycles. The van der Waals surface area contributed by atoms with E-state index in [1.807, 2.05) is 30.3 Å². The Morgan fingerprint density at radius 3 is 2.62 bits per heavy atom. The molecular formula is C17H21N5O2. The van der Waals surface area contributed by atoms with Crippen LogP contribution in [0.3, 0.4) is 0 Å². The predicted octanol–water partition coefficient (Wildman–Crippen LogP) is 1.32. The lowest BCUT2D eigenvalue weighted by Crippen LogP contribution is -2.51. The fourth-order valence-electron chi connectivity index (χ4n) is 3.00. The van der Waals surface area contributed by atoms with Gasteiger partial charge in [0.05, 0.1) is 11.4 Å². The summed E-state index contributed by atoms with van der Waals surface area (Å²) < 4.78 is 0. The number of hydrogen-bond acceptors (Lipinski definition) is 4. The first-order valence-corrected chi connectivity index (χ1v) is 8.13. The quantitative estimate of drug-likeness (QED) is 0.922. The maximum Gasteiger partial charge on any atom is 0.277 e. The van der Waals surface area contributed by atoms with Crippen LogP contribution in [0.15, 0.2) is 30.3 Å². The summed E-state index contributed by atoms with van der Waals surface area (Å²) in [5, 5.41) is 11.3. The minimum atomic E-state index is -0.433. The lowest BCUT2D eigenvalue weighted by molar-refractivity contribution is -0.126. The highest BCUT2D eigenvalue weighted by Gasteiger charge is 2.34. The number of piperidine rings is 1. The molecule has 1 N–H and O–H groups in total. The van der Waals surface area contributed by atoms with Crippen molar-refractivity contribution >= 4 is 11.8 Å². The van der Waals surface area contributed by atoms with Crippen molar-refractivity contribution in [2.75, 3.05) is 13.6 Å². The molecule has 0 spiro atoms. The van der Waals surface area contributed by atoms with Gasteiger partial charge in [0.25, 0.3) is 5.91 Å². The highest BCUT2D eigenvalue weighted by Crippen LogP contribution is 2.20. The highest BCUT2D eigenvalue weighted by atomic mass is 16.2. The molecule has 126 valence electrons. The molecule has 2 amide bonds. The molecule has 1 aliphatic rings. The molecular weight excluding hydrogens is 306 g/mol. The van der Waals surface area contributed by atoms with Gasteiger partial charge >= 0.3 is 0 Å². The Hall–Kier alpha value is -2.70. The topological polar surface area (TPSA) is 80.1 Å². The van der Waals surface area contributed by atoms with Gasteiger partial charge in [-0.25, -0.2) is 0 Å². The van der Waals surface area contributed by atoms with Crippen molar-refractivity contribution in [1.82, 2.24) is 25.2 Å². The number of nitrogens with zero attached hydrogens (tertiary/aromatic N) is 4. The Labute approximate surface area is 140 Å². The van der Waals surface area contributed by atoms with Crippen LogP contribution in [0.1, 0.15) is 35.4 Å². The van der Waals surface area contributed by atoms with E-state index >= 15 is 0 Å². The Balaban J connectivity index is 1.89. The third-order valence-electron chi connectivity index (χ3n) is 4.28. The van der Waals surface area contributed by atoms with Crippen LogP contribution < -0.4 is 5.32 Å². The molecule has 1 aromatic carbocycles. The third kappa shape index (κ3) is 3.02. The summed E-state index contributed by atoms with van der Waals surface area (Å²) in [6, 6.07) is 9.01. The largest absolute Gasteiger partial charge is 0.357 e. The van der Waals surface area contributed by atoms with Crippen molar-refractivity contribution in [2.45, 2.75) is 32.2 Å². The second kappa shape index (κ2) is 6.82. The molecule has 0 saturated carbocycles. The molecule has 3 rings (SSSR count). The number of benzene rings is 1. The van der Waals surface area contributed by atoms with E-state index in [9.17, 15) is 9.59 Å². The van der Waals surface area contributed by atoms with E-state index in [0.29, 0.717) is 24.4 Å². The first-order chi connectivity index (χ1) is 11.6. The second-order valence-electron chi connectivity index (χ2n) is 5.88. The summed E-state index contributed by atoms with van der Waals surface area (Å²) in [7, 11) is 1.59. The molecule has 1 fully saturated rings. The van der Waals surface area contributed by atoms with Crippen molar-refractivity contribution in [3.05, 3.63) is 41.7 Å². The van der Waals surface area contributed by atoms with E-state index in [-0.39, 0.29) is 11.8 Å². The standard InChI is InChI=1S/C17H21N5O2/c1-12-15(20-22(19-12)13-8-4-3-5-9-13)17(24)21-11-7-6-10-14(21)16(23)18-2/h3-5,8-9,14H,6-7,10-11H2,1-2H3,(H,18,23)/t14-/m1/s1. The fourth-order valence-corrected chi connectivity index (χ4v) is 3.00. The lowest BCUT2D eigenvalue weighted by Gasteiger charge is -2.33. The highest BCUT2D eigenvalue weighted by molar-refractivity contribution is 5.97. The van der Waals surface area contributed by atoms with Crippen LogP contribution in [-0.4, -0.2) is 51.3 Å². The monoisotopic (exact) mass is 327 g/mol. The normalized spacial score (nSPS) is 17.6. The molecule has 0 radical (unpaired) electrons. The van der Waals surface area contributed by atoms with E-state index in [4.69, 9.17) is 0 Å². The molecule has 24 heavy (non-hydrogen) atoms. The number of para-hydroxylation sites is 1. The Morgan fingerprint density at radius 2 is 1.92 bits per heavy atom. The van der Waals surface area contributed by atoms with E-state index in [1.165, 1.54) is 4.80 Å². The molecule has 0 bridgehead atoms. The number of rotatable bonds is 3. The van der Waals surface area contributed by atoms with Crippen LogP contribution in [0, 0.1) is 6.92 Å². The molecule has 1 saturated heterocycles. The zero-order chi connectivity index (χ0) is 17.1. The minimum absolute atomic E-state index is 0.129. The number of likely N-dealkylation sites (tertiary alicyclic amines) is 1. The maximum absolute atomic E-state index is 12.9. The van der Waals surface area contributed by atoms with Gasteiger partial charge in [0.2, 0.25) is 5.91 Å². The molecule has 1 atom stereocenters. The predicted molar refractivity (Wildman–Crippen MR) is 88.8 cm³/mol. The van der Waals surface area contributed by atoms with Gasteiger partial charge in [-0.05, 0) is 38.3 Å². The van der Waals surface area contributed by atoms with E-state index in [1.54, 1.807) is 18.9 Å². The maximum atomic E-state index is 12.9. The number of carbonyl (C=O) groups excluding carboxylic acids is 2. The van der Waals surface area contributed by atoms with Gasteiger partial charge in [0, 0.05) is 13.6 Å². The van der Waals surface area contributed by atoms with Crippen LogP contribution in [-0.2, 0) is 4.79 Å². The van der Waals surface area contributed by atoms with Crippen molar-refractivity contribution in [2.24, 2.45) is 0 Å². The molecule has 2 heterocycles. The van der Waals surface area contributed by atoms with Crippen molar-refractivity contribution in [3.63, 3.8) is 0 Å². The smallest absolute Gasteiger partial charge is 0.277 e. The molecule has 7 heteroatoms. The van der Waals surface area contributed by atoms with Crippen LogP contribution in [0.5, 0.6) is 0 Å². The number of aryl methyl sites for hydroxylation is 1. The minimum Gasteiger partial charge on any atom is -0.357 e. The van der Waals surface area contributed by atoms with Gasteiger partial charge in [-0.15, -0.1) is 5.10 Å². The molecule has 7 nitrogen and oxygen atoms in total. The summed E-state index contributed by atoms with van der Waals surface area (Å²) in [4.78, 5) is 28.1. The van der Waals surface area contributed by atoms with Crippen molar-refractivity contribution in [1.29, 1.82) is 0 Å². The number of likely N-dealkylation sites (N-methyl/N-ethyl adjacent to an activating group) is 1. The summed E-state index contributed by atoms with van der Waals surface area (Å²) in [6.45, 7) is 2.33. The first-order valence-electron chi connectivity index (χ1n) is 8.13. The SMILES string of the molecule is CNC(=O)[C@H]1CCCCN1C(=O)c1nn(-c2ccccc2)nc1C. The van der Waals surface area contributed by atoms with Crippen molar-refractivity contribution < 1.29 is 9.59 Å². The zero-order valence-electron chi connectivity index (χ0n) is 13.9. The van der Waals surface area contributed by atoms with Gasteiger partial charge in [0.15, 0.2) is 5.69 Å². The molecule has 1 aliphatic heterocycles. The first kappa shape index (κ1) is 16.2. The summed E-state index contributed by atoms with van der Waals surface area (Å²) in [5.41, 5.74) is 1.65. The molecule has 2 aromatic rings. The Kier molecular flexibility index (Phi) is 4.59. The van der Waals surface area contributed by atoms with E-state index in [0.717, 1.165) is 18.5 Å². The average Bonchev–Trinajstić information content (AvgIpc) is 3.03. The van der Waals surface area contributed by atoms with Gasteiger partial charge in [-0.2, -0.15) is 9.90 Å². The van der Waals surface area contributed by atoms with Gasteiger partial charge < -0.3 is 10.2 Å². The van der Waals surface area contributed by atoms with Crippen molar-refractivity contribution in [3.8, 4) is 5.69 Å². The van der Waals surface area contributed by atoms with Gasteiger partial charge in [0.1, 0.15) is 6.04 Å².